The summed E-state index contributed by atoms with van der Waals surface area (Å²) in [5, 5.41) is 0. The highest BCUT2D eigenvalue weighted by Gasteiger charge is 2.12. The smallest absolute Gasteiger partial charge is 0.0201 e. The molecule has 1 aromatic rings. The molecule has 0 bridgehead atoms. The lowest BCUT2D eigenvalue weighted by molar-refractivity contribution is 0.573. The van der Waals surface area contributed by atoms with Crippen LogP contribution in [0.2, 0.25) is 0 Å². The predicted octanol–water partition coefficient (Wildman–Crippen LogP) is 2.31. The van der Waals surface area contributed by atoms with E-state index in [0.29, 0.717) is 0 Å². The van der Waals surface area contributed by atoms with E-state index in [2.05, 4.69) is 31.8 Å². The molecule has 0 saturated heterocycles. The van der Waals surface area contributed by atoms with Crippen LogP contribution < -0.4 is 0 Å². The Labute approximate surface area is 56.1 Å². The summed E-state index contributed by atoms with van der Waals surface area (Å²) >= 11 is 0. The van der Waals surface area contributed by atoms with E-state index in [4.69, 9.17) is 0 Å². The molecule has 1 rings (SSSR count). The molecule has 1 nitrogen and oxygen atoms in total. The second-order valence-electron chi connectivity index (χ2n) is 3.33. The summed E-state index contributed by atoms with van der Waals surface area (Å²) in [5.74, 6) is 0. The summed E-state index contributed by atoms with van der Waals surface area (Å²) in [5.41, 5.74) is 1.56. The lowest BCUT2D eigenvalue weighted by atomic mass is 9.93. The van der Waals surface area contributed by atoms with Gasteiger partial charge in [-0.3, -0.25) is 0 Å². The molecule has 0 saturated carbocycles. The van der Waals surface area contributed by atoms with Gasteiger partial charge in [-0.15, -0.1) is 0 Å². The molecule has 0 atom stereocenters. The summed E-state index contributed by atoms with van der Waals surface area (Å²) in [6.45, 7) is 6.58. The lowest BCUT2D eigenvalue weighted by Crippen LogP contribution is -2.10. The van der Waals surface area contributed by atoms with Crippen molar-refractivity contribution in [3.63, 3.8) is 0 Å². The van der Waals surface area contributed by atoms with Gasteiger partial charge in [0.15, 0.2) is 0 Å². The molecular formula is C8H13N. The summed E-state index contributed by atoms with van der Waals surface area (Å²) in [7, 11) is 0. The molecule has 0 radical (unpaired) electrons. The van der Waals surface area contributed by atoms with Crippen molar-refractivity contribution in [3.8, 4) is 0 Å². The molecule has 0 fully saturated rings. The molecule has 0 aliphatic carbocycles. The molecule has 1 N–H and O–H groups in total. The van der Waals surface area contributed by atoms with E-state index < -0.39 is 0 Å². The fourth-order valence-corrected chi connectivity index (χ4v) is 0.797. The number of aromatic nitrogens is 1. The fraction of sp³-hybridized carbons (Fsp3) is 0.500. The van der Waals surface area contributed by atoms with Crippen LogP contribution in [-0.2, 0) is 5.41 Å². The van der Waals surface area contributed by atoms with Crippen molar-refractivity contribution >= 4 is 0 Å². The van der Waals surface area contributed by atoms with Gasteiger partial charge in [0, 0.05) is 17.3 Å². The summed E-state index contributed by atoms with van der Waals surface area (Å²) in [4.78, 5) is 3.18. The Bertz CT molecular complexity index is 167. The molecule has 1 heterocycles. The number of H-pyrrole nitrogens is 1. The first-order valence-electron chi connectivity index (χ1n) is 3.24. The second kappa shape index (κ2) is 1.90. The molecule has 9 heavy (non-hydrogen) atoms. The van der Waals surface area contributed by atoms with Crippen molar-refractivity contribution in [2.45, 2.75) is 26.2 Å². The Kier molecular flexibility index (Phi) is 1.35. The summed E-state index contributed by atoms with van der Waals surface area (Å²) < 4.78 is 0. The topological polar surface area (TPSA) is 15.8 Å². The Morgan fingerprint density at radius 2 is 2.00 bits per heavy atom. The minimum atomic E-state index is 0.267. The lowest BCUT2D eigenvalue weighted by Gasteiger charge is -2.15. The van der Waals surface area contributed by atoms with Crippen molar-refractivity contribution in [1.82, 2.24) is 4.98 Å². The highest BCUT2D eigenvalue weighted by atomic mass is 14.7. The van der Waals surface area contributed by atoms with Gasteiger partial charge in [0.1, 0.15) is 0 Å². The average molecular weight is 123 g/mol. The summed E-state index contributed by atoms with van der Waals surface area (Å²) in [6.07, 6.45) is 1.96. The van der Waals surface area contributed by atoms with Crippen molar-refractivity contribution < 1.29 is 0 Å². The van der Waals surface area contributed by atoms with Crippen molar-refractivity contribution in [1.29, 1.82) is 0 Å². The molecule has 0 amide bonds. The summed E-state index contributed by atoms with van der Waals surface area (Å²) in [6, 6.07) is 4.14. The van der Waals surface area contributed by atoms with E-state index in [0.717, 1.165) is 0 Å². The van der Waals surface area contributed by atoms with E-state index >= 15 is 0 Å². The van der Waals surface area contributed by atoms with Crippen molar-refractivity contribution in [2.24, 2.45) is 0 Å². The van der Waals surface area contributed by atoms with Crippen LogP contribution >= 0.6 is 0 Å². The second-order valence-corrected chi connectivity index (χ2v) is 3.33. The van der Waals surface area contributed by atoms with Gasteiger partial charge in [0.25, 0.3) is 0 Å². The van der Waals surface area contributed by atoms with Crippen LogP contribution in [0.1, 0.15) is 26.5 Å². The number of nitrogens with one attached hydrogen (secondary N) is 1. The maximum absolute atomic E-state index is 3.18. The number of aromatic amines is 1. The van der Waals surface area contributed by atoms with Crippen LogP contribution in [0.15, 0.2) is 18.3 Å². The Hall–Kier alpha value is -0.720. The minimum absolute atomic E-state index is 0.267. The third kappa shape index (κ3) is 1.35. The van der Waals surface area contributed by atoms with Crippen molar-refractivity contribution in [2.75, 3.05) is 0 Å². The van der Waals surface area contributed by atoms with E-state index in [1.165, 1.54) is 5.69 Å². The highest BCUT2D eigenvalue weighted by Crippen LogP contribution is 2.18. The van der Waals surface area contributed by atoms with Crippen LogP contribution in [0.4, 0.5) is 0 Å². The number of hydrogen-bond donors (Lipinski definition) is 1. The molecule has 0 unspecified atom stereocenters. The largest absolute Gasteiger partial charge is 0.365 e. The van der Waals surface area contributed by atoms with Crippen LogP contribution in [0, 0.1) is 0 Å². The van der Waals surface area contributed by atoms with E-state index in [1.54, 1.807) is 0 Å². The molecule has 0 aliphatic rings. The van der Waals surface area contributed by atoms with Gasteiger partial charge >= 0.3 is 0 Å². The van der Waals surface area contributed by atoms with E-state index in [1.807, 2.05) is 12.3 Å². The zero-order valence-corrected chi connectivity index (χ0v) is 6.23. The zero-order valence-electron chi connectivity index (χ0n) is 6.23. The molecule has 50 valence electrons. The molecule has 0 aliphatic heterocycles. The number of rotatable bonds is 0. The first-order chi connectivity index (χ1) is 4.11. The SMILES string of the molecule is CC(C)(C)c1ccc[nH]1. The van der Waals surface area contributed by atoms with Crippen LogP contribution in [0.3, 0.4) is 0 Å². The third-order valence-electron chi connectivity index (χ3n) is 1.41. The normalized spacial score (nSPS) is 11.9. The maximum Gasteiger partial charge on any atom is 0.0201 e. The Morgan fingerprint density at radius 3 is 2.22 bits per heavy atom. The monoisotopic (exact) mass is 123 g/mol. The fourth-order valence-electron chi connectivity index (χ4n) is 0.797. The van der Waals surface area contributed by atoms with Gasteiger partial charge in [-0.25, -0.2) is 0 Å². The van der Waals surface area contributed by atoms with Gasteiger partial charge in [0.05, 0.1) is 0 Å². The van der Waals surface area contributed by atoms with Gasteiger partial charge in [0.2, 0.25) is 0 Å². The molecule has 0 aromatic carbocycles. The van der Waals surface area contributed by atoms with Crippen molar-refractivity contribution in [3.05, 3.63) is 24.0 Å². The number of hydrogen-bond acceptors (Lipinski definition) is 0. The maximum atomic E-state index is 3.18. The van der Waals surface area contributed by atoms with E-state index in [-0.39, 0.29) is 5.41 Å². The van der Waals surface area contributed by atoms with Crippen LogP contribution in [0.25, 0.3) is 0 Å². The van der Waals surface area contributed by atoms with Gasteiger partial charge in [-0.1, -0.05) is 20.8 Å². The first-order valence-corrected chi connectivity index (χ1v) is 3.24. The Balaban J connectivity index is 2.90. The Morgan fingerprint density at radius 1 is 1.33 bits per heavy atom. The average Bonchev–Trinajstić information content (AvgIpc) is 2.08. The highest BCUT2D eigenvalue weighted by molar-refractivity contribution is 5.12. The quantitative estimate of drug-likeness (QED) is 0.545. The van der Waals surface area contributed by atoms with Gasteiger partial charge in [-0.05, 0) is 12.1 Å². The van der Waals surface area contributed by atoms with Crippen LogP contribution in [0.5, 0.6) is 0 Å². The van der Waals surface area contributed by atoms with Gasteiger partial charge < -0.3 is 4.98 Å². The first kappa shape index (κ1) is 6.40. The van der Waals surface area contributed by atoms with Crippen LogP contribution in [-0.4, -0.2) is 4.98 Å². The van der Waals surface area contributed by atoms with Gasteiger partial charge in [-0.2, -0.15) is 0 Å². The molecule has 1 heteroatoms. The minimum Gasteiger partial charge on any atom is -0.365 e. The van der Waals surface area contributed by atoms with E-state index in [9.17, 15) is 0 Å². The molecule has 0 spiro atoms. The molecular weight excluding hydrogens is 110 g/mol. The zero-order chi connectivity index (χ0) is 6.91. The third-order valence-corrected chi connectivity index (χ3v) is 1.41. The standard InChI is InChI=1S/C8H13N/c1-8(2,3)7-5-4-6-9-7/h4-6,9H,1-3H3. The molecule has 1 aromatic heterocycles. The predicted molar refractivity (Wildman–Crippen MR) is 39.5 cm³/mol.